The molecule has 0 unspecified atom stereocenters. The number of aromatic nitrogens is 5. The van der Waals surface area contributed by atoms with Crippen LogP contribution in [0.2, 0.25) is 0 Å². The lowest BCUT2D eigenvalue weighted by atomic mass is 10.0. The summed E-state index contributed by atoms with van der Waals surface area (Å²) in [5.74, 6) is 0.531. The molecule has 4 N–H and O–H groups in total. The molecule has 0 radical (unpaired) electrons. The second-order valence-electron chi connectivity index (χ2n) is 9.47. The van der Waals surface area contributed by atoms with Gasteiger partial charge in [0, 0.05) is 42.4 Å². The summed E-state index contributed by atoms with van der Waals surface area (Å²) in [6.07, 6.45) is 7.11. The maximum absolute atomic E-state index is 12.1. The van der Waals surface area contributed by atoms with Gasteiger partial charge in [0.2, 0.25) is 23.7 Å². The van der Waals surface area contributed by atoms with Crippen LogP contribution in [0.3, 0.4) is 0 Å². The van der Waals surface area contributed by atoms with Crippen LogP contribution >= 0.6 is 0 Å². The van der Waals surface area contributed by atoms with Crippen molar-refractivity contribution in [2.24, 2.45) is 0 Å². The van der Waals surface area contributed by atoms with Crippen LogP contribution in [0.25, 0.3) is 22.9 Å². The Morgan fingerprint density at radius 3 is 2.69 bits per heavy atom. The van der Waals surface area contributed by atoms with Gasteiger partial charge in [-0.2, -0.15) is 19.6 Å². The van der Waals surface area contributed by atoms with Gasteiger partial charge in [-0.3, -0.25) is 19.7 Å². The Labute approximate surface area is 223 Å². The number of benzene rings is 1. The molecule has 0 bridgehead atoms. The first-order valence-corrected chi connectivity index (χ1v) is 12.6. The zero-order valence-corrected chi connectivity index (χ0v) is 21.1. The first kappa shape index (κ1) is 24.2. The van der Waals surface area contributed by atoms with E-state index in [2.05, 4.69) is 36.3 Å². The van der Waals surface area contributed by atoms with E-state index in [0.29, 0.717) is 47.1 Å². The Bertz CT molecular complexity index is 1640. The number of carbonyl (C=O) groups is 3. The van der Waals surface area contributed by atoms with E-state index in [1.807, 2.05) is 30.3 Å². The number of imide groups is 1. The zero-order valence-electron chi connectivity index (χ0n) is 21.1. The summed E-state index contributed by atoms with van der Waals surface area (Å²) in [5.41, 5.74) is 4.39. The fourth-order valence-electron chi connectivity index (χ4n) is 4.33. The first-order valence-electron chi connectivity index (χ1n) is 12.6. The summed E-state index contributed by atoms with van der Waals surface area (Å²) in [4.78, 5) is 48.8. The number of carbonyl (C=O) groups excluding carboxylic acids is 3. The average Bonchev–Trinajstić information content (AvgIpc) is 3.55. The van der Waals surface area contributed by atoms with Gasteiger partial charge in [-0.05, 0) is 42.2 Å². The third-order valence-electron chi connectivity index (χ3n) is 6.36. The Hall–Kier alpha value is -5.13. The standard InChI is InChI=1S/C27H25N9O3/c1-15(37)31-22-9-6-17(12-28-22)21-5-3-2-4-16(21)13-29-26-34-24-19(10-18-11-23(38)33-25(18)39)14-30-36(24)27(35-26)32-20-7-8-20/h2-6,9-10,12,14,20H,7-8,11,13H2,1H3,(H,28,31,37)(H,33,38,39)(H2,29,32,34,35)/b18-10+. The summed E-state index contributed by atoms with van der Waals surface area (Å²) in [5, 5.41) is 16.1. The molecule has 1 aromatic carbocycles. The van der Waals surface area contributed by atoms with E-state index >= 15 is 0 Å². The molecule has 39 heavy (non-hydrogen) atoms. The molecule has 0 spiro atoms. The van der Waals surface area contributed by atoms with E-state index in [0.717, 1.165) is 29.5 Å². The largest absolute Gasteiger partial charge is 0.351 e. The molecule has 12 heteroatoms. The van der Waals surface area contributed by atoms with Crippen LogP contribution in [0.1, 0.15) is 37.3 Å². The minimum absolute atomic E-state index is 0.0248. The SMILES string of the molecule is CC(=O)Nc1ccc(-c2ccccc2CNc2nc(NC3CC3)n3ncc(/C=C4\CC(=O)NC4=O)c3n2)cn1. The van der Waals surface area contributed by atoms with Crippen molar-refractivity contribution < 1.29 is 14.4 Å². The van der Waals surface area contributed by atoms with Crippen LogP contribution in [0.5, 0.6) is 0 Å². The molecule has 2 fully saturated rings. The van der Waals surface area contributed by atoms with Crippen molar-refractivity contribution in [1.82, 2.24) is 29.9 Å². The lowest BCUT2D eigenvalue weighted by Crippen LogP contribution is -2.19. The number of nitrogens with zero attached hydrogens (tertiary/aromatic N) is 5. The third kappa shape index (κ3) is 5.30. The van der Waals surface area contributed by atoms with Gasteiger partial charge in [0.05, 0.1) is 12.6 Å². The van der Waals surface area contributed by atoms with Gasteiger partial charge in [-0.15, -0.1) is 0 Å². The summed E-state index contributed by atoms with van der Waals surface area (Å²) >= 11 is 0. The molecule has 1 saturated carbocycles. The second kappa shape index (κ2) is 9.97. The van der Waals surface area contributed by atoms with E-state index < -0.39 is 5.91 Å². The molecule has 6 rings (SSSR count). The molecule has 4 aromatic rings. The van der Waals surface area contributed by atoms with Gasteiger partial charge in [0.15, 0.2) is 5.65 Å². The van der Waals surface area contributed by atoms with Crippen LogP contribution in [0.4, 0.5) is 17.7 Å². The highest BCUT2D eigenvalue weighted by Gasteiger charge is 2.26. The van der Waals surface area contributed by atoms with E-state index in [4.69, 9.17) is 4.98 Å². The van der Waals surface area contributed by atoms with Crippen molar-refractivity contribution in [2.45, 2.75) is 38.8 Å². The molecular formula is C27H25N9O3. The fraction of sp³-hybridized carbons (Fsp3) is 0.222. The maximum atomic E-state index is 12.1. The molecule has 3 aromatic heterocycles. The monoisotopic (exact) mass is 523 g/mol. The third-order valence-corrected chi connectivity index (χ3v) is 6.36. The lowest BCUT2D eigenvalue weighted by Gasteiger charge is -2.13. The van der Waals surface area contributed by atoms with Gasteiger partial charge < -0.3 is 16.0 Å². The van der Waals surface area contributed by atoms with Crippen LogP contribution in [-0.2, 0) is 20.9 Å². The minimum atomic E-state index is -0.403. The number of pyridine rings is 1. The van der Waals surface area contributed by atoms with Crippen LogP contribution < -0.4 is 21.3 Å². The number of hydrogen-bond donors (Lipinski definition) is 4. The van der Waals surface area contributed by atoms with Gasteiger partial charge in [0.25, 0.3) is 5.91 Å². The number of amides is 3. The van der Waals surface area contributed by atoms with Crippen molar-refractivity contribution in [2.75, 3.05) is 16.0 Å². The second-order valence-corrected chi connectivity index (χ2v) is 9.47. The molecule has 4 heterocycles. The summed E-state index contributed by atoms with van der Waals surface area (Å²) in [6.45, 7) is 1.88. The van der Waals surface area contributed by atoms with Crippen molar-refractivity contribution in [3.05, 3.63) is 65.5 Å². The van der Waals surface area contributed by atoms with E-state index in [1.165, 1.54) is 6.92 Å². The number of nitrogens with one attached hydrogen (secondary N) is 4. The molecule has 196 valence electrons. The van der Waals surface area contributed by atoms with Crippen LogP contribution in [-0.4, -0.2) is 48.3 Å². The summed E-state index contributed by atoms with van der Waals surface area (Å²) in [6, 6.07) is 11.9. The molecule has 3 amide bonds. The maximum Gasteiger partial charge on any atom is 0.254 e. The highest BCUT2D eigenvalue weighted by Crippen LogP contribution is 2.27. The van der Waals surface area contributed by atoms with Crippen LogP contribution in [0, 0.1) is 0 Å². The number of hydrogen-bond acceptors (Lipinski definition) is 9. The smallest absolute Gasteiger partial charge is 0.254 e. The summed E-state index contributed by atoms with van der Waals surface area (Å²) in [7, 11) is 0. The topological polar surface area (TPSA) is 155 Å². The Balaban J connectivity index is 1.29. The molecular weight excluding hydrogens is 498 g/mol. The average molecular weight is 524 g/mol. The lowest BCUT2D eigenvalue weighted by molar-refractivity contribution is -0.124. The molecule has 2 aliphatic rings. The zero-order chi connectivity index (χ0) is 26.9. The van der Waals surface area contributed by atoms with Crippen molar-refractivity contribution in [3.63, 3.8) is 0 Å². The normalized spacial score (nSPS) is 16.0. The van der Waals surface area contributed by atoms with E-state index in [9.17, 15) is 14.4 Å². The molecule has 1 saturated heterocycles. The van der Waals surface area contributed by atoms with E-state index in [1.54, 1.807) is 29.1 Å². The molecule has 1 aliphatic carbocycles. The predicted molar refractivity (Wildman–Crippen MR) is 144 cm³/mol. The number of anilines is 3. The number of fused-ring (bicyclic) bond motifs is 1. The Morgan fingerprint density at radius 1 is 1.13 bits per heavy atom. The molecule has 1 aliphatic heterocycles. The Kier molecular flexibility index (Phi) is 6.19. The van der Waals surface area contributed by atoms with Crippen LogP contribution in [0.15, 0.2) is 54.4 Å². The fourth-order valence-corrected chi connectivity index (χ4v) is 4.33. The van der Waals surface area contributed by atoms with Gasteiger partial charge in [0.1, 0.15) is 5.82 Å². The number of rotatable bonds is 8. The van der Waals surface area contributed by atoms with Crippen molar-refractivity contribution in [1.29, 1.82) is 0 Å². The van der Waals surface area contributed by atoms with Gasteiger partial charge in [-0.25, -0.2) is 4.98 Å². The predicted octanol–water partition coefficient (Wildman–Crippen LogP) is 2.76. The molecule has 0 atom stereocenters. The Morgan fingerprint density at radius 2 is 1.97 bits per heavy atom. The van der Waals surface area contributed by atoms with Crippen molar-refractivity contribution >= 4 is 47.2 Å². The first-order chi connectivity index (χ1) is 18.9. The summed E-state index contributed by atoms with van der Waals surface area (Å²) < 4.78 is 1.61. The molecule has 12 nitrogen and oxygen atoms in total. The quantitative estimate of drug-likeness (QED) is 0.201. The van der Waals surface area contributed by atoms with E-state index in [-0.39, 0.29) is 18.2 Å². The highest BCUT2D eigenvalue weighted by atomic mass is 16.2. The van der Waals surface area contributed by atoms with Crippen molar-refractivity contribution in [3.8, 4) is 11.1 Å². The highest BCUT2D eigenvalue weighted by molar-refractivity contribution is 6.15. The van der Waals surface area contributed by atoms with Gasteiger partial charge in [-0.1, -0.05) is 24.3 Å². The minimum Gasteiger partial charge on any atom is -0.351 e. The van der Waals surface area contributed by atoms with Gasteiger partial charge >= 0.3 is 0 Å².